The molecule has 3 rings (SSSR count). The molecule has 0 bridgehead atoms. The van der Waals surface area contributed by atoms with E-state index in [2.05, 4.69) is 4.98 Å². The molecule has 0 aliphatic heterocycles. The minimum Gasteiger partial charge on any atom is -0.497 e. The van der Waals surface area contributed by atoms with Crippen molar-refractivity contribution in [3.05, 3.63) is 67.3 Å². The molecule has 124 valence electrons. The summed E-state index contributed by atoms with van der Waals surface area (Å²) in [7, 11) is 1.68. The van der Waals surface area contributed by atoms with Crippen molar-refractivity contribution in [3.63, 3.8) is 0 Å². The maximum absolute atomic E-state index is 8.81. The Kier molecular flexibility index (Phi) is 6.42. The van der Waals surface area contributed by atoms with Crippen LogP contribution >= 0.6 is 0 Å². The van der Waals surface area contributed by atoms with Crippen LogP contribution in [0.4, 0.5) is 0 Å². The van der Waals surface area contributed by atoms with Crippen molar-refractivity contribution in [1.29, 1.82) is 0 Å². The maximum atomic E-state index is 8.81. The third kappa shape index (κ3) is 4.38. The molecule has 0 aliphatic rings. The highest BCUT2D eigenvalue weighted by atomic mass is 16.5. The molecule has 2 N–H and O–H groups in total. The Morgan fingerprint density at radius 3 is 2.08 bits per heavy atom. The molecule has 7 heteroatoms. The molecule has 0 unspecified atom stereocenters. The van der Waals surface area contributed by atoms with Gasteiger partial charge in [0.15, 0.2) is 0 Å². The van der Waals surface area contributed by atoms with Gasteiger partial charge in [-0.2, -0.15) is 0 Å². The molecule has 6 nitrogen and oxygen atoms in total. The number of imidazole rings is 1. The highest BCUT2D eigenvalue weighted by Gasteiger charge is 2.14. The lowest BCUT2D eigenvalue weighted by molar-refractivity contribution is 0.403. The van der Waals surface area contributed by atoms with Gasteiger partial charge in [-0.15, -0.1) is 0 Å². The topological polar surface area (TPSA) is 76.7 Å². The van der Waals surface area contributed by atoms with Crippen molar-refractivity contribution in [1.82, 2.24) is 9.55 Å². The molecule has 0 spiro atoms. The average molecular weight is 326 g/mol. The largest absolute Gasteiger partial charge is 0.497 e. The van der Waals surface area contributed by atoms with E-state index in [1.165, 1.54) is 7.11 Å². The maximum Gasteiger partial charge on any atom is 0.492 e. The van der Waals surface area contributed by atoms with Crippen LogP contribution in [0, 0.1) is 0 Å². The van der Waals surface area contributed by atoms with Crippen LogP contribution in [0.1, 0.15) is 0 Å². The number of benzene rings is 2. The van der Waals surface area contributed by atoms with E-state index in [0.717, 1.165) is 11.4 Å². The van der Waals surface area contributed by atoms with Gasteiger partial charge in [-0.3, -0.25) is 0 Å². The Morgan fingerprint density at radius 2 is 1.54 bits per heavy atom. The van der Waals surface area contributed by atoms with Crippen LogP contribution in [-0.4, -0.2) is 40.9 Å². The van der Waals surface area contributed by atoms with Crippen LogP contribution in [0.5, 0.6) is 11.5 Å². The molecule has 3 aromatic rings. The zero-order valence-corrected chi connectivity index (χ0v) is 13.5. The molecular formula is C17H19BN2O4. The van der Waals surface area contributed by atoms with Gasteiger partial charge < -0.3 is 24.1 Å². The number of para-hydroxylation sites is 3. The van der Waals surface area contributed by atoms with Crippen molar-refractivity contribution >= 4 is 12.6 Å². The molecule has 2 aromatic carbocycles. The van der Waals surface area contributed by atoms with Crippen LogP contribution in [0.3, 0.4) is 0 Å². The molecule has 0 saturated heterocycles. The van der Waals surface area contributed by atoms with Crippen LogP contribution in [-0.2, 0) is 0 Å². The lowest BCUT2D eigenvalue weighted by Gasteiger charge is -2.07. The minimum absolute atomic E-state index is 0.384. The molecule has 0 fully saturated rings. The molecule has 0 radical (unpaired) electrons. The van der Waals surface area contributed by atoms with Gasteiger partial charge >= 0.3 is 7.12 Å². The van der Waals surface area contributed by atoms with Gasteiger partial charge in [0, 0.05) is 17.9 Å². The average Bonchev–Trinajstić information content (AvgIpc) is 3.16. The number of nitrogens with zero attached hydrogens (tertiary/aromatic N) is 2. The second kappa shape index (κ2) is 8.76. The van der Waals surface area contributed by atoms with Gasteiger partial charge in [-0.05, 0) is 18.2 Å². The number of methoxy groups -OCH3 is 2. The van der Waals surface area contributed by atoms with Crippen molar-refractivity contribution < 1.29 is 19.5 Å². The third-order valence-corrected chi connectivity index (χ3v) is 3.28. The highest BCUT2D eigenvalue weighted by molar-refractivity contribution is 6.59. The Hall–Kier alpha value is -2.77. The first-order valence-corrected chi connectivity index (χ1v) is 7.27. The lowest BCUT2D eigenvalue weighted by atomic mass is 9.80. The van der Waals surface area contributed by atoms with Gasteiger partial charge in [0.2, 0.25) is 0 Å². The zero-order valence-electron chi connectivity index (χ0n) is 13.5. The monoisotopic (exact) mass is 326 g/mol. The SMILES string of the molecule is COc1ccccc1-n1ccnc1.COc1ccccc1B(O)O. The number of ether oxygens (including phenoxy) is 2. The summed E-state index contributed by atoms with van der Waals surface area (Å²) in [6.07, 6.45) is 5.38. The summed E-state index contributed by atoms with van der Waals surface area (Å²) in [5.41, 5.74) is 1.39. The summed E-state index contributed by atoms with van der Waals surface area (Å²) in [5, 5.41) is 17.6. The molecule has 1 heterocycles. The molecule has 0 aliphatic carbocycles. The molecule has 0 atom stereocenters. The molecule has 0 saturated carbocycles. The predicted octanol–water partition coefficient (Wildman–Crippen LogP) is 1.26. The van der Waals surface area contributed by atoms with Crippen molar-refractivity contribution in [2.75, 3.05) is 14.2 Å². The van der Waals surface area contributed by atoms with Gasteiger partial charge in [0.25, 0.3) is 0 Å². The van der Waals surface area contributed by atoms with Gasteiger partial charge in [-0.25, -0.2) is 4.98 Å². The van der Waals surface area contributed by atoms with Crippen molar-refractivity contribution in [2.45, 2.75) is 0 Å². The fourth-order valence-corrected chi connectivity index (χ4v) is 2.12. The number of rotatable bonds is 4. The summed E-state index contributed by atoms with van der Waals surface area (Å²) in [5.74, 6) is 1.34. The molecule has 24 heavy (non-hydrogen) atoms. The number of aromatic nitrogens is 2. The van der Waals surface area contributed by atoms with E-state index in [9.17, 15) is 0 Å². The summed E-state index contributed by atoms with van der Waals surface area (Å²) >= 11 is 0. The Balaban J connectivity index is 0.000000177. The van der Waals surface area contributed by atoms with Gasteiger partial charge in [-0.1, -0.05) is 30.3 Å². The Bertz CT molecular complexity index is 748. The molecule has 1 aromatic heterocycles. The summed E-state index contributed by atoms with van der Waals surface area (Å²) in [6.45, 7) is 0. The molecule has 0 amide bonds. The lowest BCUT2D eigenvalue weighted by Crippen LogP contribution is -2.30. The molecular weight excluding hydrogens is 307 g/mol. The minimum atomic E-state index is -1.47. The number of hydrogen-bond acceptors (Lipinski definition) is 5. The first-order valence-electron chi connectivity index (χ1n) is 7.27. The van der Waals surface area contributed by atoms with Crippen LogP contribution < -0.4 is 14.9 Å². The van der Waals surface area contributed by atoms with Crippen LogP contribution in [0.25, 0.3) is 5.69 Å². The van der Waals surface area contributed by atoms with E-state index in [1.807, 2.05) is 35.0 Å². The highest BCUT2D eigenvalue weighted by Crippen LogP contribution is 2.20. The van der Waals surface area contributed by atoms with E-state index in [1.54, 1.807) is 43.9 Å². The van der Waals surface area contributed by atoms with Gasteiger partial charge in [0.05, 0.1) is 26.2 Å². The van der Waals surface area contributed by atoms with E-state index in [0.29, 0.717) is 11.2 Å². The smallest absolute Gasteiger partial charge is 0.492 e. The fraction of sp³-hybridized carbons (Fsp3) is 0.118. The zero-order chi connectivity index (χ0) is 17.4. The first-order chi connectivity index (χ1) is 11.7. The summed E-state index contributed by atoms with van der Waals surface area (Å²) in [4.78, 5) is 3.98. The van der Waals surface area contributed by atoms with Gasteiger partial charge in [0.1, 0.15) is 11.5 Å². The normalized spacial score (nSPS) is 9.67. The summed E-state index contributed by atoms with van der Waals surface area (Å²) < 4.78 is 12.0. The van der Waals surface area contributed by atoms with E-state index in [4.69, 9.17) is 19.5 Å². The Morgan fingerprint density at radius 1 is 0.917 bits per heavy atom. The number of hydrogen-bond donors (Lipinski definition) is 2. The van der Waals surface area contributed by atoms with Crippen LogP contribution in [0.15, 0.2) is 67.3 Å². The second-order valence-electron chi connectivity index (χ2n) is 4.76. The third-order valence-electron chi connectivity index (χ3n) is 3.28. The van der Waals surface area contributed by atoms with E-state index in [-0.39, 0.29) is 0 Å². The second-order valence-corrected chi connectivity index (χ2v) is 4.76. The predicted molar refractivity (Wildman–Crippen MR) is 92.9 cm³/mol. The Labute approximate surface area is 141 Å². The quantitative estimate of drug-likeness (QED) is 0.706. The van der Waals surface area contributed by atoms with E-state index >= 15 is 0 Å². The van der Waals surface area contributed by atoms with Crippen molar-refractivity contribution in [3.8, 4) is 17.2 Å². The fourth-order valence-electron chi connectivity index (χ4n) is 2.12. The van der Waals surface area contributed by atoms with E-state index < -0.39 is 7.12 Å². The van der Waals surface area contributed by atoms with Crippen LogP contribution in [0.2, 0.25) is 0 Å². The standard InChI is InChI=1S/C10H10N2O.C7H9BO3/c1-13-10-5-3-2-4-9(10)12-7-6-11-8-12;1-11-7-5-3-2-4-6(7)8(9)10/h2-8H,1H3;2-5,9-10H,1H3. The van der Waals surface area contributed by atoms with Crippen molar-refractivity contribution in [2.24, 2.45) is 0 Å². The first kappa shape index (κ1) is 17.6. The summed E-state index contributed by atoms with van der Waals surface area (Å²) in [6, 6.07) is 14.6.